The minimum atomic E-state index is -1.08. The summed E-state index contributed by atoms with van der Waals surface area (Å²) in [6.07, 6.45) is 1.68. The van der Waals surface area contributed by atoms with E-state index in [1.807, 2.05) is 91.0 Å². The van der Waals surface area contributed by atoms with E-state index >= 15 is 0 Å². The molecule has 0 bridgehead atoms. The molecule has 4 atom stereocenters. The Bertz CT molecular complexity index is 1580. The van der Waals surface area contributed by atoms with E-state index in [0.29, 0.717) is 11.4 Å². The van der Waals surface area contributed by atoms with E-state index in [-0.39, 0.29) is 18.1 Å². The number of nitrogens with one attached hydrogen (secondary N) is 4. The minimum absolute atomic E-state index is 0.0902. The molecule has 0 saturated carbocycles. The first kappa shape index (κ1) is 38.2. The van der Waals surface area contributed by atoms with Gasteiger partial charge in [0.1, 0.15) is 17.7 Å². The van der Waals surface area contributed by atoms with Gasteiger partial charge in [0, 0.05) is 36.4 Å². The van der Waals surface area contributed by atoms with Gasteiger partial charge in [-0.1, -0.05) is 105 Å². The van der Waals surface area contributed by atoms with Crippen LogP contribution >= 0.6 is 11.8 Å². The van der Waals surface area contributed by atoms with Crippen molar-refractivity contribution in [2.24, 2.45) is 0 Å². The first-order valence-corrected chi connectivity index (χ1v) is 18.0. The van der Waals surface area contributed by atoms with Crippen molar-refractivity contribution in [1.29, 1.82) is 0 Å². The minimum Gasteiger partial charge on any atom is -0.444 e. The number of carbonyl (C=O) groups excluding carboxylic acids is 3. The molecule has 0 saturated heterocycles. The number of aromatic nitrogens is 2. The maximum absolute atomic E-state index is 14.4. The number of H-pyrrole nitrogens is 1. The van der Waals surface area contributed by atoms with Crippen molar-refractivity contribution in [3.63, 3.8) is 0 Å². The fourth-order valence-corrected chi connectivity index (χ4v) is 6.39. The molecule has 0 radical (unpaired) electrons. The highest BCUT2D eigenvalue weighted by Crippen LogP contribution is 2.31. The molecule has 50 heavy (non-hydrogen) atoms. The Morgan fingerprint density at radius 1 is 0.800 bits per heavy atom. The highest BCUT2D eigenvalue weighted by atomic mass is 32.2. The average molecular weight is 700 g/mol. The summed E-state index contributed by atoms with van der Waals surface area (Å²) in [5.74, 6) is -1.06. The number of thioether (sulfide) groups is 1. The first-order chi connectivity index (χ1) is 23.9. The van der Waals surface area contributed by atoms with Crippen molar-refractivity contribution in [3.05, 3.63) is 126 Å². The fraction of sp³-hybridized carbons (Fsp3) is 0.385. The molecule has 0 fully saturated rings. The van der Waals surface area contributed by atoms with Gasteiger partial charge in [-0.05, 0) is 42.7 Å². The van der Waals surface area contributed by atoms with E-state index in [0.717, 1.165) is 16.7 Å². The van der Waals surface area contributed by atoms with Crippen LogP contribution in [-0.4, -0.2) is 73.8 Å². The highest BCUT2D eigenvalue weighted by molar-refractivity contribution is 7.99. The van der Waals surface area contributed by atoms with Crippen LogP contribution in [0.4, 0.5) is 4.79 Å². The van der Waals surface area contributed by atoms with E-state index in [9.17, 15) is 19.5 Å². The highest BCUT2D eigenvalue weighted by Gasteiger charge is 2.36. The average Bonchev–Trinajstić information content (AvgIpc) is 3.60. The topological polar surface area (TPSA) is 145 Å². The van der Waals surface area contributed by atoms with Crippen LogP contribution in [0.2, 0.25) is 0 Å². The lowest BCUT2D eigenvalue weighted by Crippen LogP contribution is -2.58. The van der Waals surface area contributed by atoms with Crippen molar-refractivity contribution in [2.75, 3.05) is 5.75 Å². The summed E-state index contributed by atoms with van der Waals surface area (Å²) in [5, 5.41) is 20.8. The molecule has 1 aromatic heterocycles. The second-order valence-electron chi connectivity index (χ2n) is 13.5. The van der Waals surface area contributed by atoms with Crippen molar-refractivity contribution >= 4 is 29.7 Å². The number of alkyl carbamates (subject to hydrolysis) is 1. The van der Waals surface area contributed by atoms with Crippen LogP contribution in [0.15, 0.2) is 104 Å². The van der Waals surface area contributed by atoms with Crippen molar-refractivity contribution < 1.29 is 24.2 Å². The van der Waals surface area contributed by atoms with Crippen molar-refractivity contribution in [2.45, 2.75) is 88.5 Å². The van der Waals surface area contributed by atoms with Gasteiger partial charge in [0.15, 0.2) is 0 Å². The van der Waals surface area contributed by atoms with Gasteiger partial charge in [-0.25, -0.2) is 9.78 Å². The third-order valence-electron chi connectivity index (χ3n) is 7.90. The molecule has 0 aliphatic carbocycles. The lowest BCUT2D eigenvalue weighted by Gasteiger charge is -2.34. The molecule has 4 rings (SSSR count). The van der Waals surface area contributed by atoms with E-state index in [2.05, 4.69) is 39.8 Å². The molecular formula is C39H49N5O5S. The van der Waals surface area contributed by atoms with E-state index in [4.69, 9.17) is 4.74 Å². The van der Waals surface area contributed by atoms with Crippen LogP contribution in [0, 0.1) is 0 Å². The maximum atomic E-state index is 14.4. The molecule has 11 heteroatoms. The van der Waals surface area contributed by atoms with Crippen LogP contribution in [0.3, 0.4) is 0 Å². The number of nitrogens with zero attached hydrogens (tertiary/aromatic N) is 1. The number of aliphatic hydroxyl groups excluding tert-OH is 1. The third-order valence-corrected chi connectivity index (χ3v) is 9.10. The molecule has 0 aliphatic rings. The fourth-order valence-electron chi connectivity index (χ4n) is 5.60. The molecule has 3 aromatic carbocycles. The zero-order valence-electron chi connectivity index (χ0n) is 29.3. The lowest BCUT2D eigenvalue weighted by atomic mass is 9.82. The normalized spacial score (nSPS) is 14.0. The maximum Gasteiger partial charge on any atom is 0.408 e. The summed E-state index contributed by atoms with van der Waals surface area (Å²) in [6, 6.07) is 26.0. The summed E-state index contributed by atoms with van der Waals surface area (Å²) >= 11 is 1.60. The Hall–Kier alpha value is -4.61. The number of hydrogen-bond acceptors (Lipinski definition) is 7. The first-order valence-electron chi connectivity index (χ1n) is 16.9. The molecule has 266 valence electrons. The Kier molecular flexibility index (Phi) is 14.1. The number of aliphatic hydroxyl groups is 1. The summed E-state index contributed by atoms with van der Waals surface area (Å²) in [5.41, 5.74) is 2.52. The van der Waals surface area contributed by atoms with E-state index in [1.165, 1.54) is 6.33 Å². The van der Waals surface area contributed by atoms with Crippen LogP contribution < -0.4 is 16.0 Å². The second-order valence-corrected chi connectivity index (χ2v) is 15.1. The van der Waals surface area contributed by atoms with Crippen LogP contribution in [-0.2, 0) is 27.2 Å². The number of ether oxygens (including phenoxy) is 1. The van der Waals surface area contributed by atoms with Gasteiger partial charge >= 0.3 is 6.09 Å². The number of amides is 3. The van der Waals surface area contributed by atoms with Gasteiger partial charge < -0.3 is 30.8 Å². The molecule has 0 unspecified atom stereocenters. The van der Waals surface area contributed by atoms with Gasteiger partial charge in [-0.3, -0.25) is 9.59 Å². The van der Waals surface area contributed by atoms with Gasteiger partial charge in [-0.2, -0.15) is 11.8 Å². The van der Waals surface area contributed by atoms with E-state index < -0.39 is 53.7 Å². The zero-order valence-corrected chi connectivity index (χ0v) is 30.2. The second kappa shape index (κ2) is 18.4. The summed E-state index contributed by atoms with van der Waals surface area (Å²) < 4.78 is 5.47. The Morgan fingerprint density at radius 2 is 1.34 bits per heavy atom. The largest absolute Gasteiger partial charge is 0.444 e. The molecule has 1 heterocycles. The molecule has 4 aromatic rings. The van der Waals surface area contributed by atoms with Gasteiger partial charge in [0.25, 0.3) is 0 Å². The number of hydrogen-bond donors (Lipinski definition) is 5. The number of carbonyl (C=O) groups is 3. The molecular weight excluding hydrogens is 651 g/mol. The Morgan fingerprint density at radius 3 is 1.86 bits per heavy atom. The Balaban J connectivity index is 1.67. The van der Waals surface area contributed by atoms with Crippen LogP contribution in [0.5, 0.6) is 0 Å². The monoisotopic (exact) mass is 699 g/mol. The predicted octanol–water partition coefficient (Wildman–Crippen LogP) is 5.39. The van der Waals surface area contributed by atoms with Crippen molar-refractivity contribution in [3.8, 4) is 0 Å². The van der Waals surface area contributed by atoms with Crippen LogP contribution in [0.1, 0.15) is 62.9 Å². The zero-order chi connectivity index (χ0) is 36.1. The predicted molar refractivity (Wildman–Crippen MR) is 198 cm³/mol. The standard InChI is InChI=1S/C39H49N5O5S/c1-26(2)50-24-33(45)35(34(28-17-11-7-12-18-28)29-19-13-8-14-20-29)44-37(47)32(22-30-23-40-25-41-30)42-36(46)31(21-27-15-9-6-10-16-27)43-38(48)49-39(3,4)5/h6-20,23,25-26,31-35,45H,21-22,24H2,1-5H3,(H,40,41)(H,42,46)(H,43,48)(H,44,47)/t31-,32-,33-,35+/m0/s1. The van der Waals surface area contributed by atoms with Gasteiger partial charge in [-0.15, -0.1) is 0 Å². The molecule has 3 amide bonds. The number of rotatable bonds is 16. The smallest absolute Gasteiger partial charge is 0.408 e. The Labute approximate surface area is 299 Å². The molecule has 5 N–H and O–H groups in total. The SMILES string of the molecule is CC(C)SC[C@H](O)[C@@H](NC(=O)[C@H](Cc1cnc[nH]1)NC(=O)[C@H](Cc1ccccc1)NC(=O)OC(C)(C)C)C(c1ccccc1)c1ccccc1. The van der Waals surface area contributed by atoms with Gasteiger partial charge in [0.05, 0.1) is 18.5 Å². The van der Waals surface area contributed by atoms with Crippen molar-refractivity contribution in [1.82, 2.24) is 25.9 Å². The summed E-state index contributed by atoms with van der Waals surface area (Å²) in [4.78, 5) is 48.5. The number of benzene rings is 3. The van der Waals surface area contributed by atoms with Crippen LogP contribution in [0.25, 0.3) is 0 Å². The van der Waals surface area contributed by atoms with E-state index in [1.54, 1.807) is 38.7 Å². The van der Waals surface area contributed by atoms with Gasteiger partial charge in [0.2, 0.25) is 11.8 Å². The molecule has 0 aliphatic heterocycles. The quantitative estimate of drug-likeness (QED) is 0.105. The summed E-state index contributed by atoms with van der Waals surface area (Å²) in [7, 11) is 0. The lowest BCUT2D eigenvalue weighted by molar-refractivity contribution is -0.130. The number of aromatic amines is 1. The molecule has 0 spiro atoms. The summed E-state index contributed by atoms with van der Waals surface area (Å²) in [6.45, 7) is 9.35. The third kappa shape index (κ3) is 12.1. The number of imidazole rings is 1. The molecule has 10 nitrogen and oxygen atoms in total.